The second-order valence-electron chi connectivity index (χ2n) is 8.75. The molecule has 5 aromatic rings. The fourth-order valence-corrected chi connectivity index (χ4v) is 5.18. The first-order valence-electron chi connectivity index (χ1n) is 10.9. The number of fused-ring (bicyclic) bond motifs is 10. The topological polar surface area (TPSA) is 159 Å². The molecule has 10 heteroatoms. The molecule has 0 saturated heterocycles. The van der Waals surface area contributed by atoms with Crippen molar-refractivity contribution in [3.8, 4) is 17.2 Å². The van der Waals surface area contributed by atoms with Gasteiger partial charge in [-0.25, -0.2) is 24.7 Å². The lowest BCUT2D eigenvalue weighted by molar-refractivity contribution is -0.0110. The predicted molar refractivity (Wildman–Crippen MR) is 123 cm³/mol. The van der Waals surface area contributed by atoms with Gasteiger partial charge in [0.2, 0.25) is 0 Å². The van der Waals surface area contributed by atoms with Crippen molar-refractivity contribution < 1.29 is 30.0 Å². The normalized spacial score (nSPS) is 20.4. The van der Waals surface area contributed by atoms with E-state index >= 15 is 0 Å². The number of aromatic hydroxyl groups is 2. The lowest BCUT2D eigenvalue weighted by Gasteiger charge is -2.41. The van der Waals surface area contributed by atoms with Crippen LogP contribution in [-0.4, -0.2) is 52.4 Å². The molecule has 0 fully saturated rings. The molecular weight excluding hydrogens is 452 g/mol. The third kappa shape index (κ3) is 2.65. The van der Waals surface area contributed by atoms with Gasteiger partial charge in [-0.1, -0.05) is 12.1 Å². The van der Waals surface area contributed by atoms with Crippen molar-refractivity contribution in [2.45, 2.75) is 24.5 Å². The quantitative estimate of drug-likeness (QED) is 0.269. The molecule has 0 spiro atoms. The number of carboxylic acid groups (broad SMARTS) is 1. The van der Waals surface area contributed by atoms with Gasteiger partial charge in [-0.05, 0) is 30.3 Å². The standard InChI is InChI=1S/C25H16N4O6/c30-14-5-1-3-11-19(14)28-13-7-9-17-16(35-24(23(9)32)21(13)26-11)8-10(25(33)34)18-22(17)27-12-4-2-6-15(31)20(12)29-18/h1-6,8-9,23-24,30-32H,7H2,(H,33,34). The average Bonchev–Trinajstić information content (AvgIpc) is 2.83. The third-order valence-corrected chi connectivity index (χ3v) is 6.76. The Hall–Kier alpha value is -4.57. The Morgan fingerprint density at radius 2 is 1.57 bits per heavy atom. The second-order valence-corrected chi connectivity index (χ2v) is 8.75. The number of carboxylic acids is 1. The number of para-hydroxylation sites is 2. The number of aromatic carboxylic acids is 1. The highest BCUT2D eigenvalue weighted by Crippen LogP contribution is 2.50. The van der Waals surface area contributed by atoms with Crippen molar-refractivity contribution in [1.82, 2.24) is 19.9 Å². The second kappa shape index (κ2) is 6.73. The molecule has 10 nitrogen and oxygen atoms in total. The maximum atomic E-state index is 12.1. The van der Waals surface area contributed by atoms with Crippen LogP contribution >= 0.6 is 0 Å². The SMILES string of the molecule is O=C(O)c1cc2c(c3nc4cccc(O)c4nc13)C1Cc3nc4c(O)cccc4nc3C(O2)C1O. The van der Waals surface area contributed by atoms with E-state index < -0.39 is 24.1 Å². The number of phenols is 2. The number of aliphatic hydroxyl groups is 1. The van der Waals surface area contributed by atoms with Crippen LogP contribution in [0.4, 0.5) is 0 Å². The Morgan fingerprint density at radius 3 is 2.29 bits per heavy atom. The van der Waals surface area contributed by atoms with E-state index in [-0.39, 0.29) is 45.8 Å². The molecule has 4 N–H and O–H groups in total. The number of aromatic nitrogens is 4. The molecule has 35 heavy (non-hydrogen) atoms. The van der Waals surface area contributed by atoms with Crippen molar-refractivity contribution in [2.75, 3.05) is 0 Å². The Kier molecular flexibility index (Phi) is 3.82. The summed E-state index contributed by atoms with van der Waals surface area (Å²) in [5.41, 5.74) is 3.17. The summed E-state index contributed by atoms with van der Waals surface area (Å²) >= 11 is 0. The van der Waals surface area contributed by atoms with Gasteiger partial charge in [0.1, 0.15) is 45.6 Å². The average molecular weight is 468 g/mol. The number of benzene rings is 3. The summed E-state index contributed by atoms with van der Waals surface area (Å²) in [7, 11) is 0. The number of hydrogen-bond acceptors (Lipinski definition) is 9. The van der Waals surface area contributed by atoms with Gasteiger partial charge in [-0.15, -0.1) is 0 Å². The van der Waals surface area contributed by atoms with E-state index in [1.165, 1.54) is 18.2 Å². The first-order chi connectivity index (χ1) is 16.9. The van der Waals surface area contributed by atoms with Crippen molar-refractivity contribution in [3.63, 3.8) is 0 Å². The van der Waals surface area contributed by atoms with Crippen LogP contribution in [0, 0.1) is 0 Å². The molecule has 0 radical (unpaired) electrons. The van der Waals surface area contributed by atoms with E-state index in [0.29, 0.717) is 33.5 Å². The first-order valence-corrected chi connectivity index (χ1v) is 10.9. The van der Waals surface area contributed by atoms with Crippen molar-refractivity contribution in [3.05, 3.63) is 65.0 Å². The zero-order valence-corrected chi connectivity index (χ0v) is 17.9. The first kappa shape index (κ1) is 19.9. The smallest absolute Gasteiger partial charge is 0.338 e. The highest BCUT2D eigenvalue weighted by molar-refractivity contribution is 6.05. The van der Waals surface area contributed by atoms with Crippen LogP contribution in [0.3, 0.4) is 0 Å². The Morgan fingerprint density at radius 1 is 0.886 bits per heavy atom. The lowest BCUT2D eigenvalue weighted by atomic mass is 9.77. The van der Waals surface area contributed by atoms with Crippen LogP contribution in [0.15, 0.2) is 42.5 Å². The van der Waals surface area contributed by atoms with Gasteiger partial charge < -0.3 is 25.2 Å². The van der Waals surface area contributed by atoms with Gasteiger partial charge in [0.05, 0.1) is 27.8 Å². The summed E-state index contributed by atoms with van der Waals surface area (Å²) in [4.78, 5) is 30.5. The minimum Gasteiger partial charge on any atom is -0.506 e. The predicted octanol–water partition coefficient (Wildman–Crippen LogP) is 2.97. The Labute approximate surface area is 196 Å². The largest absolute Gasteiger partial charge is 0.506 e. The van der Waals surface area contributed by atoms with Gasteiger partial charge in [0.25, 0.3) is 0 Å². The number of hydrogen-bond donors (Lipinski definition) is 4. The zero-order valence-electron chi connectivity index (χ0n) is 17.9. The minimum atomic E-state index is -1.22. The number of aliphatic hydroxyl groups excluding tert-OH is 1. The molecule has 0 amide bonds. The zero-order chi connectivity index (χ0) is 24.0. The molecule has 2 bridgehead atoms. The maximum Gasteiger partial charge on any atom is 0.338 e. The highest BCUT2D eigenvalue weighted by Gasteiger charge is 2.46. The monoisotopic (exact) mass is 468 g/mol. The van der Waals surface area contributed by atoms with Gasteiger partial charge in [0.15, 0.2) is 6.10 Å². The van der Waals surface area contributed by atoms with Gasteiger partial charge in [-0.2, -0.15) is 0 Å². The molecule has 1 aliphatic heterocycles. The fourth-order valence-electron chi connectivity index (χ4n) is 5.18. The van der Waals surface area contributed by atoms with E-state index in [0.717, 1.165) is 0 Å². The van der Waals surface area contributed by atoms with Crippen molar-refractivity contribution >= 4 is 39.1 Å². The van der Waals surface area contributed by atoms with Gasteiger partial charge in [0, 0.05) is 17.9 Å². The van der Waals surface area contributed by atoms with E-state index in [1.54, 1.807) is 24.3 Å². The summed E-state index contributed by atoms with van der Waals surface area (Å²) in [5, 5.41) is 41.7. The summed E-state index contributed by atoms with van der Waals surface area (Å²) in [5.74, 6) is -1.57. The van der Waals surface area contributed by atoms with Crippen LogP contribution < -0.4 is 4.74 Å². The molecule has 3 unspecified atom stereocenters. The molecular formula is C25H16N4O6. The number of carbonyl (C=O) groups is 1. The molecule has 3 aromatic carbocycles. The summed E-state index contributed by atoms with van der Waals surface area (Å²) in [6, 6.07) is 11.0. The summed E-state index contributed by atoms with van der Waals surface area (Å²) in [6.07, 6.45) is -1.58. The molecule has 3 heterocycles. The molecule has 7 rings (SSSR count). The molecule has 0 saturated carbocycles. The Bertz CT molecular complexity index is 1750. The number of rotatable bonds is 1. The van der Waals surface area contributed by atoms with Gasteiger partial charge in [-0.3, -0.25) is 0 Å². The number of nitrogens with zero attached hydrogens (tertiary/aromatic N) is 4. The third-order valence-electron chi connectivity index (χ3n) is 6.76. The van der Waals surface area contributed by atoms with Crippen molar-refractivity contribution in [2.24, 2.45) is 0 Å². The van der Waals surface area contributed by atoms with Crippen LogP contribution in [-0.2, 0) is 6.42 Å². The van der Waals surface area contributed by atoms with Gasteiger partial charge >= 0.3 is 5.97 Å². The number of ether oxygens (including phenoxy) is 1. The van der Waals surface area contributed by atoms with Crippen LogP contribution in [0.2, 0.25) is 0 Å². The van der Waals surface area contributed by atoms with Crippen LogP contribution in [0.1, 0.15) is 39.3 Å². The number of phenolic OH excluding ortho intramolecular Hbond substituents is 2. The van der Waals surface area contributed by atoms with E-state index in [1.807, 2.05) is 0 Å². The molecule has 2 aromatic heterocycles. The molecule has 2 aliphatic rings. The van der Waals surface area contributed by atoms with E-state index in [4.69, 9.17) is 4.74 Å². The lowest BCUT2D eigenvalue weighted by Crippen LogP contribution is -2.41. The van der Waals surface area contributed by atoms with Crippen molar-refractivity contribution in [1.29, 1.82) is 0 Å². The molecule has 3 atom stereocenters. The van der Waals surface area contributed by atoms with Crippen LogP contribution in [0.25, 0.3) is 33.1 Å². The molecule has 172 valence electrons. The van der Waals surface area contributed by atoms with Crippen LogP contribution in [0.5, 0.6) is 17.2 Å². The fraction of sp³-hybridized carbons (Fsp3) is 0.160. The maximum absolute atomic E-state index is 12.1. The Balaban J connectivity index is 1.51. The van der Waals surface area contributed by atoms with E-state index in [9.17, 15) is 25.2 Å². The minimum absolute atomic E-state index is 0.00379. The molecule has 1 aliphatic carbocycles. The van der Waals surface area contributed by atoms with E-state index in [2.05, 4.69) is 19.9 Å². The highest BCUT2D eigenvalue weighted by atomic mass is 16.5. The summed E-state index contributed by atoms with van der Waals surface area (Å²) in [6.45, 7) is 0. The summed E-state index contributed by atoms with van der Waals surface area (Å²) < 4.78 is 6.16.